The van der Waals surface area contributed by atoms with Gasteiger partial charge in [0.25, 0.3) is 11.8 Å². The van der Waals surface area contributed by atoms with Crippen molar-refractivity contribution in [3.05, 3.63) is 66.9 Å². The van der Waals surface area contributed by atoms with Gasteiger partial charge in [-0.2, -0.15) is 0 Å². The van der Waals surface area contributed by atoms with Gasteiger partial charge in [0.1, 0.15) is 23.1 Å². The zero-order valence-electron chi connectivity index (χ0n) is 21.9. The summed E-state index contributed by atoms with van der Waals surface area (Å²) in [5, 5.41) is 17.6. The van der Waals surface area contributed by atoms with E-state index < -0.39 is 11.8 Å². The summed E-state index contributed by atoms with van der Waals surface area (Å²) in [6, 6.07) is 6.20. The first-order chi connectivity index (χ1) is 19.2. The van der Waals surface area contributed by atoms with Gasteiger partial charge in [-0.05, 0) is 62.1 Å². The molecule has 2 aromatic heterocycles. The number of likely N-dealkylation sites (tertiary alicyclic amines) is 1. The fourth-order valence-electron chi connectivity index (χ4n) is 4.28. The largest absolute Gasteiger partial charge is 0.490 e. The van der Waals surface area contributed by atoms with E-state index in [2.05, 4.69) is 20.5 Å². The summed E-state index contributed by atoms with van der Waals surface area (Å²) in [4.78, 5) is 35.4. The molecule has 13 heteroatoms. The molecule has 0 bridgehead atoms. The maximum atomic E-state index is 13.5. The Balaban J connectivity index is 1.61. The first-order valence-electron chi connectivity index (χ1n) is 12.7. The lowest BCUT2D eigenvalue weighted by Gasteiger charge is -2.19. The molecule has 40 heavy (non-hydrogen) atoms. The Bertz CT molecular complexity index is 1330. The van der Waals surface area contributed by atoms with E-state index in [9.17, 15) is 14.7 Å². The standard InChI is InChI=1S/C27H30Cl3N5O4S/c1-34(8-10-36)15-17-16-40-25(23(17)30)27(38)33-24-20(26(37)32-22-5-4-18(28)14-31-22)12-19(29)13-21(24)39-11-9-35-6-2-3-7-35/h4-5,12-14,16,36H,2-3,6-11,15H2,1H3,(H,33,38)(H,31,32,37). The number of aliphatic hydroxyl groups excluding tert-OH is 1. The maximum absolute atomic E-state index is 13.5. The summed E-state index contributed by atoms with van der Waals surface area (Å²) in [7, 11) is 1.85. The Kier molecular flexibility index (Phi) is 11.0. The third-order valence-electron chi connectivity index (χ3n) is 6.31. The van der Waals surface area contributed by atoms with Gasteiger partial charge in [-0.15, -0.1) is 11.3 Å². The van der Waals surface area contributed by atoms with Crippen LogP contribution in [-0.4, -0.2) is 78.1 Å². The summed E-state index contributed by atoms with van der Waals surface area (Å²) >= 11 is 20.1. The van der Waals surface area contributed by atoms with Gasteiger partial charge >= 0.3 is 0 Å². The van der Waals surface area contributed by atoms with Crippen molar-refractivity contribution in [1.82, 2.24) is 14.8 Å². The molecule has 1 fully saturated rings. The number of aliphatic hydroxyl groups is 1. The van der Waals surface area contributed by atoms with Crippen LogP contribution in [0.15, 0.2) is 35.8 Å². The second-order valence-corrected chi connectivity index (χ2v) is 11.5. The van der Waals surface area contributed by atoms with Crippen LogP contribution in [0.4, 0.5) is 11.5 Å². The third-order valence-corrected chi connectivity index (χ3v) is 8.32. The molecule has 3 aromatic rings. The fraction of sp³-hybridized carbons (Fsp3) is 0.370. The van der Waals surface area contributed by atoms with E-state index >= 15 is 0 Å². The lowest BCUT2D eigenvalue weighted by molar-refractivity contribution is 0.102. The van der Waals surface area contributed by atoms with Crippen LogP contribution in [0, 0.1) is 0 Å². The molecule has 3 heterocycles. The van der Waals surface area contributed by atoms with Crippen molar-refractivity contribution in [2.45, 2.75) is 19.4 Å². The van der Waals surface area contributed by atoms with Crippen LogP contribution in [0.2, 0.25) is 15.1 Å². The van der Waals surface area contributed by atoms with Crippen molar-refractivity contribution in [3.8, 4) is 5.75 Å². The summed E-state index contributed by atoms with van der Waals surface area (Å²) < 4.78 is 6.07. The number of rotatable bonds is 12. The molecule has 4 rings (SSSR count). The van der Waals surface area contributed by atoms with Gasteiger partial charge < -0.3 is 20.5 Å². The molecule has 0 saturated carbocycles. The van der Waals surface area contributed by atoms with E-state index in [-0.39, 0.29) is 39.3 Å². The number of pyridine rings is 1. The number of carbonyl (C=O) groups is 2. The second kappa shape index (κ2) is 14.5. The average molecular weight is 627 g/mol. The number of halogens is 3. The van der Waals surface area contributed by atoms with Crippen LogP contribution in [0.5, 0.6) is 5.75 Å². The van der Waals surface area contributed by atoms with Gasteiger partial charge in [-0.25, -0.2) is 4.98 Å². The number of anilines is 2. The minimum atomic E-state index is -0.541. The van der Waals surface area contributed by atoms with Crippen LogP contribution in [0.25, 0.3) is 0 Å². The number of ether oxygens (including phenoxy) is 1. The Labute approximate surface area is 252 Å². The predicted octanol–water partition coefficient (Wildman–Crippen LogP) is 5.51. The minimum Gasteiger partial charge on any atom is -0.490 e. The van der Waals surface area contributed by atoms with E-state index in [1.807, 2.05) is 11.9 Å². The van der Waals surface area contributed by atoms with Gasteiger partial charge in [-0.1, -0.05) is 34.8 Å². The number of amides is 2. The van der Waals surface area contributed by atoms with Crippen LogP contribution in [-0.2, 0) is 6.54 Å². The van der Waals surface area contributed by atoms with Gasteiger partial charge in [0.15, 0.2) is 0 Å². The number of carbonyl (C=O) groups excluding carboxylic acids is 2. The molecule has 0 spiro atoms. The topological polar surface area (TPSA) is 107 Å². The summed E-state index contributed by atoms with van der Waals surface area (Å²) in [5.41, 5.74) is 1.03. The first-order valence-corrected chi connectivity index (χ1v) is 14.7. The third kappa shape index (κ3) is 8.07. The van der Waals surface area contributed by atoms with Crippen LogP contribution in [0.3, 0.4) is 0 Å². The zero-order valence-corrected chi connectivity index (χ0v) is 25.0. The predicted molar refractivity (Wildman–Crippen MR) is 161 cm³/mol. The minimum absolute atomic E-state index is 0.0130. The number of benzene rings is 1. The molecule has 2 amide bonds. The van der Waals surface area contributed by atoms with Gasteiger partial charge in [0.05, 0.1) is 27.9 Å². The number of hydrogen-bond donors (Lipinski definition) is 3. The van der Waals surface area contributed by atoms with Crippen molar-refractivity contribution < 1.29 is 19.4 Å². The molecular weight excluding hydrogens is 597 g/mol. The van der Waals surface area contributed by atoms with E-state index in [1.165, 1.54) is 23.6 Å². The second-order valence-electron chi connectivity index (χ2n) is 9.36. The summed E-state index contributed by atoms with van der Waals surface area (Å²) in [6.07, 6.45) is 3.72. The first kappa shape index (κ1) is 30.5. The van der Waals surface area contributed by atoms with E-state index in [0.717, 1.165) is 31.5 Å². The Morgan fingerprint density at radius 2 is 1.90 bits per heavy atom. The smallest absolute Gasteiger partial charge is 0.267 e. The number of hydrogen-bond acceptors (Lipinski definition) is 8. The lowest BCUT2D eigenvalue weighted by Crippen LogP contribution is -2.25. The molecule has 0 aliphatic carbocycles. The molecule has 1 aromatic carbocycles. The summed E-state index contributed by atoms with van der Waals surface area (Å²) in [6.45, 7) is 4.03. The van der Waals surface area contributed by atoms with Crippen molar-refractivity contribution in [2.75, 3.05) is 57.1 Å². The molecule has 1 aliphatic heterocycles. The van der Waals surface area contributed by atoms with E-state index in [0.29, 0.717) is 36.3 Å². The highest BCUT2D eigenvalue weighted by Crippen LogP contribution is 2.36. The highest BCUT2D eigenvalue weighted by molar-refractivity contribution is 7.13. The number of thiophene rings is 1. The quantitative estimate of drug-likeness (QED) is 0.244. The van der Waals surface area contributed by atoms with Crippen molar-refractivity contribution in [3.63, 3.8) is 0 Å². The summed E-state index contributed by atoms with van der Waals surface area (Å²) in [5.74, 6) is -0.483. The van der Waals surface area contributed by atoms with E-state index in [1.54, 1.807) is 23.6 Å². The number of nitrogens with zero attached hydrogens (tertiary/aromatic N) is 3. The number of aromatic nitrogens is 1. The van der Waals surface area contributed by atoms with Gasteiger partial charge in [-0.3, -0.25) is 19.4 Å². The number of likely N-dealkylation sites (N-methyl/N-ethyl adjacent to an activating group) is 1. The highest BCUT2D eigenvalue weighted by Gasteiger charge is 2.24. The monoisotopic (exact) mass is 625 g/mol. The molecule has 9 nitrogen and oxygen atoms in total. The Morgan fingerprint density at radius 3 is 2.60 bits per heavy atom. The zero-order chi connectivity index (χ0) is 28.6. The molecule has 0 radical (unpaired) electrons. The molecule has 0 atom stereocenters. The van der Waals surface area contributed by atoms with Gasteiger partial charge in [0.2, 0.25) is 0 Å². The van der Waals surface area contributed by atoms with Crippen molar-refractivity contribution >= 4 is 69.5 Å². The fourth-order valence-corrected chi connectivity index (χ4v) is 5.84. The number of nitrogens with one attached hydrogen (secondary N) is 2. The lowest BCUT2D eigenvalue weighted by atomic mass is 10.1. The molecule has 0 unspecified atom stereocenters. The van der Waals surface area contributed by atoms with Gasteiger partial charge in [0, 0.05) is 36.9 Å². The molecular formula is C27H30Cl3N5O4S. The van der Waals surface area contributed by atoms with Crippen LogP contribution in [0.1, 0.15) is 38.4 Å². The van der Waals surface area contributed by atoms with Crippen molar-refractivity contribution in [2.24, 2.45) is 0 Å². The molecule has 1 saturated heterocycles. The molecule has 3 N–H and O–H groups in total. The Morgan fingerprint density at radius 1 is 1.12 bits per heavy atom. The molecule has 1 aliphatic rings. The van der Waals surface area contributed by atoms with Crippen LogP contribution >= 0.6 is 46.1 Å². The highest BCUT2D eigenvalue weighted by atomic mass is 35.5. The normalized spacial score (nSPS) is 13.6. The maximum Gasteiger partial charge on any atom is 0.267 e. The van der Waals surface area contributed by atoms with E-state index in [4.69, 9.17) is 39.5 Å². The van der Waals surface area contributed by atoms with Crippen LogP contribution < -0.4 is 15.4 Å². The SMILES string of the molecule is CN(CCO)Cc1csc(C(=O)Nc2c(OCCN3CCCC3)cc(Cl)cc2C(=O)Nc2ccc(Cl)cn2)c1Cl. The Hall–Kier alpha value is -2.44. The van der Waals surface area contributed by atoms with Crippen molar-refractivity contribution in [1.29, 1.82) is 0 Å². The molecule has 214 valence electrons. The average Bonchev–Trinajstić information content (AvgIpc) is 3.56.